The molecule has 0 amide bonds. The van der Waals surface area contributed by atoms with Crippen LogP contribution in [-0.2, 0) is 10.1 Å². The minimum Gasteiger partial charge on any atom is -0.465 e. The van der Waals surface area contributed by atoms with E-state index < -0.39 is 10.1 Å². The summed E-state index contributed by atoms with van der Waals surface area (Å²) in [5.41, 5.74) is 6.67. The minimum atomic E-state index is -4.02. The molecule has 1 aromatic carbocycles. The summed E-state index contributed by atoms with van der Waals surface area (Å²) in [5.74, 6) is 1.82. The molecule has 0 bridgehead atoms. The Bertz CT molecular complexity index is 659. The van der Waals surface area contributed by atoms with Crippen LogP contribution in [0.3, 0.4) is 0 Å². The lowest BCUT2D eigenvalue weighted by Crippen LogP contribution is -2.06. The third-order valence-electron chi connectivity index (χ3n) is 2.89. The van der Waals surface area contributed by atoms with Crippen LogP contribution in [-0.4, -0.2) is 13.0 Å². The van der Waals surface area contributed by atoms with Crippen molar-refractivity contribution in [3.63, 3.8) is 0 Å². The maximum atomic E-state index is 10.5. The van der Waals surface area contributed by atoms with Gasteiger partial charge in [-0.25, -0.2) is 0 Å². The van der Waals surface area contributed by atoms with Crippen molar-refractivity contribution in [3.05, 3.63) is 53.5 Å². The van der Waals surface area contributed by atoms with E-state index in [0.717, 1.165) is 23.5 Å². The Morgan fingerprint density at radius 3 is 2.10 bits per heavy atom. The van der Waals surface area contributed by atoms with Crippen LogP contribution in [0, 0.1) is 13.8 Å². The lowest BCUT2D eigenvalue weighted by Gasteiger charge is -2.02. The van der Waals surface area contributed by atoms with Crippen molar-refractivity contribution in [2.24, 2.45) is 5.73 Å². The Hall–Kier alpha value is -1.63. The van der Waals surface area contributed by atoms with E-state index in [1.54, 1.807) is 12.1 Å². The quantitative estimate of drug-likeness (QED) is 0.849. The minimum absolute atomic E-state index is 0.0636. The molecule has 5 nitrogen and oxygen atoms in total. The maximum absolute atomic E-state index is 10.5. The predicted octanol–water partition coefficient (Wildman–Crippen LogP) is 3.24. The van der Waals surface area contributed by atoms with Crippen LogP contribution < -0.4 is 5.73 Å². The predicted molar refractivity (Wildman–Crippen MR) is 81.7 cm³/mol. The zero-order chi connectivity index (χ0) is 16.0. The fourth-order valence-corrected chi connectivity index (χ4v) is 2.04. The molecule has 21 heavy (non-hydrogen) atoms. The van der Waals surface area contributed by atoms with E-state index in [1.165, 1.54) is 12.1 Å². The average Bonchev–Trinajstić information content (AvgIpc) is 2.85. The van der Waals surface area contributed by atoms with Crippen LogP contribution in [0.25, 0.3) is 0 Å². The number of hydrogen-bond acceptors (Lipinski definition) is 4. The molecular weight excluding hydrogens is 290 g/mol. The fraction of sp³-hybridized carbons (Fsp3) is 0.333. The second-order valence-corrected chi connectivity index (χ2v) is 6.17. The van der Waals surface area contributed by atoms with Gasteiger partial charge < -0.3 is 10.2 Å². The van der Waals surface area contributed by atoms with Crippen LogP contribution in [0.15, 0.2) is 45.7 Å². The molecule has 0 radical (unpaired) electrons. The van der Waals surface area contributed by atoms with E-state index in [1.807, 2.05) is 32.9 Å². The first-order valence-electron chi connectivity index (χ1n) is 6.60. The molecule has 0 aliphatic heterocycles. The molecule has 0 saturated carbocycles. The summed E-state index contributed by atoms with van der Waals surface area (Å²) >= 11 is 0. The standard InChI is InChI=1S/C8H13NO.C7H8O3S/c1-3-7(9)8-5-4-6(2)10-8;1-6-2-4-7(5-3-6)11(8,9)10/h4-5,7H,3,9H2,1-2H3;2-5H,1H3,(H,8,9,10)/t7-;/m1./s1. The van der Waals surface area contributed by atoms with Crippen molar-refractivity contribution in [2.75, 3.05) is 0 Å². The van der Waals surface area contributed by atoms with Gasteiger partial charge in [0, 0.05) is 0 Å². The van der Waals surface area contributed by atoms with Gasteiger partial charge in [0.2, 0.25) is 0 Å². The zero-order valence-corrected chi connectivity index (χ0v) is 13.2. The first kappa shape index (κ1) is 17.4. The molecule has 0 fully saturated rings. The molecule has 1 heterocycles. The van der Waals surface area contributed by atoms with Crippen LogP contribution in [0.2, 0.25) is 0 Å². The molecule has 0 aliphatic rings. The molecule has 0 saturated heterocycles. The van der Waals surface area contributed by atoms with Crippen molar-refractivity contribution >= 4 is 10.1 Å². The summed E-state index contributed by atoms with van der Waals surface area (Å²) in [6, 6.07) is 9.92. The largest absolute Gasteiger partial charge is 0.465 e. The first-order chi connectivity index (χ1) is 9.74. The first-order valence-corrected chi connectivity index (χ1v) is 8.04. The highest BCUT2D eigenvalue weighted by molar-refractivity contribution is 7.85. The molecule has 0 aliphatic carbocycles. The van der Waals surface area contributed by atoms with Gasteiger partial charge in [0.25, 0.3) is 10.1 Å². The monoisotopic (exact) mass is 311 g/mol. The van der Waals surface area contributed by atoms with E-state index in [2.05, 4.69) is 0 Å². The van der Waals surface area contributed by atoms with Gasteiger partial charge in [0.15, 0.2) is 0 Å². The normalized spacial score (nSPS) is 12.4. The number of rotatable bonds is 3. The zero-order valence-electron chi connectivity index (χ0n) is 12.4. The summed E-state index contributed by atoms with van der Waals surface area (Å²) in [4.78, 5) is -0.0666. The Labute approximate surface area is 125 Å². The van der Waals surface area contributed by atoms with E-state index >= 15 is 0 Å². The van der Waals surface area contributed by atoms with Gasteiger partial charge >= 0.3 is 0 Å². The van der Waals surface area contributed by atoms with Gasteiger partial charge in [-0.15, -0.1) is 0 Å². The molecule has 1 aromatic heterocycles. The van der Waals surface area contributed by atoms with Crippen molar-refractivity contribution in [3.8, 4) is 0 Å². The summed E-state index contributed by atoms with van der Waals surface area (Å²) in [6.07, 6.45) is 0.924. The van der Waals surface area contributed by atoms with E-state index in [0.29, 0.717) is 0 Å². The molecular formula is C15H21NO4S. The van der Waals surface area contributed by atoms with Crippen LogP contribution in [0.1, 0.15) is 36.5 Å². The Kier molecular flexibility index (Phi) is 6.14. The highest BCUT2D eigenvalue weighted by atomic mass is 32.2. The second kappa shape index (κ2) is 7.40. The molecule has 0 unspecified atom stereocenters. The van der Waals surface area contributed by atoms with Gasteiger partial charge in [0.05, 0.1) is 10.9 Å². The highest BCUT2D eigenvalue weighted by Gasteiger charge is 2.07. The van der Waals surface area contributed by atoms with E-state index in [9.17, 15) is 8.42 Å². The summed E-state index contributed by atoms with van der Waals surface area (Å²) in [5, 5.41) is 0. The number of furan rings is 1. The molecule has 1 atom stereocenters. The summed E-state index contributed by atoms with van der Waals surface area (Å²) < 4.78 is 34.9. The SMILES string of the molecule is CC[C@@H](N)c1ccc(C)o1.Cc1ccc(S(=O)(=O)O)cc1. The van der Waals surface area contributed by atoms with Gasteiger partial charge in [-0.3, -0.25) is 4.55 Å². The molecule has 2 rings (SSSR count). The summed E-state index contributed by atoms with van der Waals surface area (Å²) in [7, 11) is -4.02. The van der Waals surface area contributed by atoms with Gasteiger partial charge in [-0.05, 0) is 44.5 Å². The Morgan fingerprint density at radius 1 is 1.14 bits per heavy atom. The molecule has 116 valence electrons. The lowest BCUT2D eigenvalue weighted by atomic mass is 10.2. The number of benzene rings is 1. The van der Waals surface area contributed by atoms with Crippen molar-refractivity contribution in [1.29, 1.82) is 0 Å². The number of hydrogen-bond donors (Lipinski definition) is 2. The molecule has 6 heteroatoms. The summed E-state index contributed by atoms with van der Waals surface area (Å²) in [6.45, 7) is 5.81. The van der Waals surface area contributed by atoms with Crippen molar-refractivity contribution < 1.29 is 17.4 Å². The molecule has 2 aromatic rings. The van der Waals surface area contributed by atoms with Crippen molar-refractivity contribution in [1.82, 2.24) is 0 Å². The van der Waals surface area contributed by atoms with Crippen molar-refractivity contribution in [2.45, 2.75) is 38.1 Å². The maximum Gasteiger partial charge on any atom is 0.294 e. The number of aryl methyl sites for hydroxylation is 2. The molecule has 3 N–H and O–H groups in total. The third-order valence-corrected chi connectivity index (χ3v) is 3.75. The topological polar surface area (TPSA) is 93.5 Å². The second-order valence-electron chi connectivity index (χ2n) is 4.75. The van der Waals surface area contributed by atoms with E-state index in [-0.39, 0.29) is 10.9 Å². The number of nitrogens with two attached hydrogens (primary N) is 1. The highest BCUT2D eigenvalue weighted by Crippen LogP contribution is 2.15. The fourth-order valence-electron chi connectivity index (χ4n) is 1.56. The average molecular weight is 311 g/mol. The third kappa shape index (κ3) is 5.71. The van der Waals surface area contributed by atoms with E-state index in [4.69, 9.17) is 14.7 Å². The van der Waals surface area contributed by atoms with Crippen LogP contribution >= 0.6 is 0 Å². The van der Waals surface area contributed by atoms with Gasteiger partial charge in [0.1, 0.15) is 11.5 Å². The van der Waals surface area contributed by atoms with Gasteiger partial charge in [-0.2, -0.15) is 8.42 Å². The lowest BCUT2D eigenvalue weighted by molar-refractivity contribution is 0.441. The molecule has 0 spiro atoms. The van der Waals surface area contributed by atoms with Crippen LogP contribution in [0.5, 0.6) is 0 Å². The Morgan fingerprint density at radius 2 is 1.71 bits per heavy atom. The smallest absolute Gasteiger partial charge is 0.294 e. The Balaban J connectivity index is 0.000000211. The van der Waals surface area contributed by atoms with Gasteiger partial charge in [-0.1, -0.05) is 24.6 Å². The van der Waals surface area contributed by atoms with Crippen LogP contribution in [0.4, 0.5) is 0 Å².